The zero-order valence-corrected chi connectivity index (χ0v) is 22.4. The number of hydrogen-bond acceptors (Lipinski definition) is 7. The molecular weight excluding hydrogens is 513 g/mol. The summed E-state index contributed by atoms with van der Waals surface area (Å²) in [6.07, 6.45) is 3.76. The smallest absolute Gasteiger partial charge is 0.270 e. The topological polar surface area (TPSA) is 67.9 Å². The van der Waals surface area contributed by atoms with E-state index in [2.05, 4.69) is 5.32 Å². The van der Waals surface area contributed by atoms with Crippen molar-refractivity contribution in [2.45, 2.75) is 11.8 Å². The van der Waals surface area contributed by atoms with Crippen LogP contribution in [0.5, 0.6) is 11.5 Å². The molecule has 3 aromatic rings. The molecule has 0 saturated carbocycles. The molecule has 6 nitrogen and oxygen atoms in total. The van der Waals surface area contributed by atoms with Gasteiger partial charge in [-0.2, -0.15) is 0 Å². The van der Waals surface area contributed by atoms with Crippen LogP contribution in [0.1, 0.15) is 11.1 Å². The van der Waals surface area contributed by atoms with Crippen LogP contribution in [0.15, 0.2) is 76.5 Å². The highest BCUT2D eigenvalue weighted by molar-refractivity contribution is 8.27. The Morgan fingerprint density at radius 1 is 1.11 bits per heavy atom. The maximum atomic E-state index is 13.1. The van der Waals surface area contributed by atoms with Crippen molar-refractivity contribution >= 4 is 69.3 Å². The molecule has 4 rings (SSSR count). The Kier molecular flexibility index (Phi) is 8.35. The molecule has 1 aliphatic rings. The van der Waals surface area contributed by atoms with Crippen LogP contribution in [-0.2, 0) is 9.59 Å². The fraction of sp³-hybridized carbons (Fsp3) is 0.148. The Morgan fingerprint density at radius 3 is 2.67 bits per heavy atom. The summed E-state index contributed by atoms with van der Waals surface area (Å²) in [4.78, 5) is 28.6. The number of nitrogens with zero attached hydrogens (tertiary/aromatic N) is 1. The molecule has 184 valence electrons. The molecule has 9 heteroatoms. The number of thiocarbonyl (C=S) groups is 1. The molecule has 1 aliphatic heterocycles. The number of amides is 2. The van der Waals surface area contributed by atoms with Crippen molar-refractivity contribution < 1.29 is 19.1 Å². The summed E-state index contributed by atoms with van der Waals surface area (Å²) in [5.74, 6) is 0.432. The van der Waals surface area contributed by atoms with E-state index in [0.717, 1.165) is 21.7 Å². The zero-order chi connectivity index (χ0) is 25.7. The third-order valence-corrected chi connectivity index (χ3v) is 7.28. The molecule has 1 saturated heterocycles. The second-order valence-electron chi connectivity index (χ2n) is 7.84. The summed E-state index contributed by atoms with van der Waals surface area (Å²) in [6.45, 7) is 1.79. The van der Waals surface area contributed by atoms with Gasteiger partial charge in [0.05, 0.1) is 17.7 Å². The number of carbonyl (C=O) groups is 2. The standard InChI is InChI=1S/C27H24N2O4S3/c1-17-6-4-7-19(12-17)28-25(30)16-33-22-11-10-18(13-23(22)32-2)14-24-26(31)29(27(34)36-24)20-8-5-9-21(15-20)35-3/h4-15H,16H2,1-3H3,(H,28,30)/b24-14+. The summed E-state index contributed by atoms with van der Waals surface area (Å²) in [6, 6.07) is 20.5. The monoisotopic (exact) mass is 536 g/mol. The summed E-state index contributed by atoms with van der Waals surface area (Å²) in [5, 5.41) is 2.81. The molecule has 1 fully saturated rings. The number of carbonyl (C=O) groups excluding carboxylic acids is 2. The van der Waals surface area contributed by atoms with E-state index >= 15 is 0 Å². The molecule has 0 spiro atoms. The Balaban J connectivity index is 1.46. The van der Waals surface area contributed by atoms with E-state index in [0.29, 0.717) is 26.4 Å². The number of hydrogen-bond donors (Lipinski definition) is 1. The van der Waals surface area contributed by atoms with Crippen LogP contribution in [0.4, 0.5) is 11.4 Å². The number of methoxy groups -OCH3 is 1. The highest BCUT2D eigenvalue weighted by Crippen LogP contribution is 2.38. The van der Waals surface area contributed by atoms with Crippen LogP contribution in [-0.4, -0.2) is 36.1 Å². The van der Waals surface area contributed by atoms with E-state index in [-0.39, 0.29) is 18.4 Å². The van der Waals surface area contributed by atoms with Crippen molar-refractivity contribution in [3.63, 3.8) is 0 Å². The van der Waals surface area contributed by atoms with Crippen LogP contribution in [0.2, 0.25) is 0 Å². The van der Waals surface area contributed by atoms with E-state index in [1.165, 1.54) is 18.9 Å². The molecule has 1 heterocycles. The normalized spacial score (nSPS) is 14.3. The first-order valence-electron chi connectivity index (χ1n) is 11.0. The average molecular weight is 537 g/mol. The van der Waals surface area contributed by atoms with Gasteiger partial charge in [0.25, 0.3) is 11.8 Å². The molecule has 2 amide bonds. The van der Waals surface area contributed by atoms with Gasteiger partial charge in [-0.05, 0) is 72.8 Å². The maximum absolute atomic E-state index is 13.1. The summed E-state index contributed by atoms with van der Waals surface area (Å²) < 4.78 is 11.6. The molecule has 36 heavy (non-hydrogen) atoms. The fourth-order valence-electron chi connectivity index (χ4n) is 3.55. The Morgan fingerprint density at radius 2 is 1.92 bits per heavy atom. The van der Waals surface area contributed by atoms with Crippen LogP contribution < -0.4 is 19.7 Å². The van der Waals surface area contributed by atoms with Gasteiger partial charge in [0, 0.05) is 10.6 Å². The average Bonchev–Trinajstić information content (AvgIpc) is 3.15. The van der Waals surface area contributed by atoms with Gasteiger partial charge < -0.3 is 14.8 Å². The van der Waals surface area contributed by atoms with Crippen LogP contribution >= 0.6 is 35.7 Å². The van der Waals surface area contributed by atoms with Gasteiger partial charge in [0.2, 0.25) is 0 Å². The molecule has 0 aliphatic carbocycles. The van der Waals surface area contributed by atoms with Crippen molar-refractivity contribution in [1.82, 2.24) is 0 Å². The lowest BCUT2D eigenvalue weighted by molar-refractivity contribution is -0.118. The minimum Gasteiger partial charge on any atom is -0.493 e. The lowest BCUT2D eigenvalue weighted by atomic mass is 10.2. The summed E-state index contributed by atoms with van der Waals surface area (Å²) >= 11 is 8.35. The van der Waals surface area contributed by atoms with Gasteiger partial charge in [-0.25, -0.2) is 0 Å². The van der Waals surface area contributed by atoms with Gasteiger partial charge in [-0.15, -0.1) is 11.8 Å². The molecular formula is C27H24N2O4S3. The minimum atomic E-state index is -0.277. The predicted octanol–water partition coefficient (Wildman–Crippen LogP) is 6.15. The zero-order valence-electron chi connectivity index (χ0n) is 19.9. The molecule has 0 aromatic heterocycles. The first-order chi connectivity index (χ1) is 17.4. The van der Waals surface area contributed by atoms with Crippen LogP contribution in [0.3, 0.4) is 0 Å². The van der Waals surface area contributed by atoms with Crippen molar-refractivity contribution in [1.29, 1.82) is 0 Å². The van der Waals surface area contributed by atoms with E-state index in [4.69, 9.17) is 21.7 Å². The van der Waals surface area contributed by atoms with Gasteiger partial charge in [-0.1, -0.05) is 48.2 Å². The predicted molar refractivity (Wildman–Crippen MR) is 152 cm³/mol. The second kappa shape index (κ2) is 11.6. The number of anilines is 2. The van der Waals surface area contributed by atoms with E-state index in [1.807, 2.05) is 61.7 Å². The first kappa shape index (κ1) is 25.8. The quantitative estimate of drug-likeness (QED) is 0.210. The minimum absolute atomic E-state index is 0.169. The molecule has 0 radical (unpaired) electrons. The fourth-order valence-corrected chi connectivity index (χ4v) is 5.30. The lowest BCUT2D eigenvalue weighted by Gasteiger charge is -2.15. The van der Waals surface area contributed by atoms with Gasteiger partial charge in [0.15, 0.2) is 22.4 Å². The van der Waals surface area contributed by atoms with Crippen LogP contribution in [0.25, 0.3) is 6.08 Å². The second-order valence-corrected chi connectivity index (χ2v) is 10.4. The van der Waals surface area contributed by atoms with Crippen molar-refractivity contribution in [2.24, 2.45) is 0 Å². The highest BCUT2D eigenvalue weighted by Gasteiger charge is 2.33. The summed E-state index contributed by atoms with van der Waals surface area (Å²) in [5.41, 5.74) is 3.26. The summed E-state index contributed by atoms with van der Waals surface area (Å²) in [7, 11) is 1.52. The SMILES string of the molecule is COc1cc(/C=C2/SC(=S)N(c3cccc(SC)c3)C2=O)ccc1OCC(=O)Nc1cccc(C)c1. The Hall–Kier alpha value is -3.27. The Labute approximate surface area is 224 Å². The van der Waals surface area contributed by atoms with Crippen LogP contribution in [0, 0.1) is 6.92 Å². The molecule has 1 N–H and O–H groups in total. The largest absolute Gasteiger partial charge is 0.493 e. The van der Waals surface area contributed by atoms with Crippen molar-refractivity contribution in [3.8, 4) is 11.5 Å². The van der Waals surface area contributed by atoms with Gasteiger partial charge in [-0.3, -0.25) is 14.5 Å². The van der Waals surface area contributed by atoms with Gasteiger partial charge >= 0.3 is 0 Å². The molecule has 3 aromatic carbocycles. The number of thioether (sulfide) groups is 2. The number of nitrogens with one attached hydrogen (secondary N) is 1. The van der Waals surface area contributed by atoms with Gasteiger partial charge in [0.1, 0.15) is 0 Å². The lowest BCUT2D eigenvalue weighted by Crippen LogP contribution is -2.27. The van der Waals surface area contributed by atoms with Crippen molar-refractivity contribution in [2.75, 3.05) is 30.2 Å². The number of aryl methyl sites for hydroxylation is 1. The molecule has 0 bridgehead atoms. The van der Waals surface area contributed by atoms with E-state index in [9.17, 15) is 9.59 Å². The molecule has 0 atom stereocenters. The Bertz CT molecular complexity index is 1360. The maximum Gasteiger partial charge on any atom is 0.270 e. The van der Waals surface area contributed by atoms with E-state index in [1.54, 1.807) is 40.9 Å². The third-order valence-electron chi connectivity index (χ3n) is 5.25. The first-order valence-corrected chi connectivity index (χ1v) is 13.4. The number of ether oxygens (including phenoxy) is 2. The van der Waals surface area contributed by atoms with E-state index < -0.39 is 0 Å². The molecule has 0 unspecified atom stereocenters. The van der Waals surface area contributed by atoms with Crippen molar-refractivity contribution in [3.05, 3.63) is 82.8 Å². The number of rotatable bonds is 8. The number of benzene rings is 3. The highest BCUT2D eigenvalue weighted by atomic mass is 32.2. The third kappa shape index (κ3) is 6.10.